The quantitative estimate of drug-likeness (QED) is 0.0415. The van der Waals surface area contributed by atoms with Crippen LogP contribution in [-0.2, 0) is 43.0 Å². The summed E-state index contributed by atoms with van der Waals surface area (Å²) in [7, 11) is -4.15. The van der Waals surface area contributed by atoms with Crippen molar-refractivity contribution in [3.8, 4) is 0 Å². The van der Waals surface area contributed by atoms with Gasteiger partial charge in [-0.05, 0) is 105 Å². The summed E-state index contributed by atoms with van der Waals surface area (Å²) in [4.78, 5) is 52.5. The maximum atomic E-state index is 13.4. The Morgan fingerprint density at radius 3 is 1.58 bits per heavy atom. The van der Waals surface area contributed by atoms with Crippen molar-refractivity contribution in [3.63, 3.8) is 0 Å². The van der Waals surface area contributed by atoms with E-state index in [0.717, 1.165) is 43.4 Å². The van der Waals surface area contributed by atoms with Crippen LogP contribution in [0.15, 0.2) is 54.5 Å². The highest BCUT2D eigenvalue weighted by Gasteiger charge is 2.70. The van der Waals surface area contributed by atoms with Gasteiger partial charge in [-0.2, -0.15) is 21.0 Å². The van der Waals surface area contributed by atoms with E-state index in [4.69, 9.17) is 25.1 Å². The molecule has 1 aromatic rings. The molecule has 16 heteroatoms. The van der Waals surface area contributed by atoms with Crippen LogP contribution in [0.5, 0.6) is 0 Å². The van der Waals surface area contributed by atoms with Crippen LogP contribution in [0.1, 0.15) is 125 Å². The molecule has 6 aliphatic rings. The number of rotatable bonds is 13. The Bertz CT molecular complexity index is 2210. The molecule has 0 aliphatic heterocycles. The van der Waals surface area contributed by atoms with E-state index in [9.17, 15) is 37.8 Å². The first-order chi connectivity index (χ1) is 33.2. The molecule has 6 N–H and O–H groups in total. The van der Waals surface area contributed by atoms with Crippen LogP contribution >= 0.6 is 24.4 Å². The summed E-state index contributed by atoms with van der Waals surface area (Å²) < 4.78 is 42.5. The van der Waals surface area contributed by atoms with E-state index >= 15 is 0 Å². The van der Waals surface area contributed by atoms with Crippen LogP contribution < -0.4 is 11.5 Å². The van der Waals surface area contributed by atoms with Gasteiger partial charge in [0, 0.05) is 70.9 Å². The fraction of sp³-hybridized carbons (Fsp3) is 0.745. The van der Waals surface area contributed by atoms with Gasteiger partial charge in [0.15, 0.2) is 6.61 Å². The lowest BCUT2D eigenvalue weighted by atomic mass is 9.44. The number of Topliss-reactive ketones (excluding diaryl/α,β-unsaturated/α-hetero) is 2. The molecule has 4 bridgehead atoms. The number of ether oxygens (including phenoxy) is 2. The topological polar surface area (TPSA) is 223 Å². The molecule has 400 valence electrons. The van der Waals surface area contributed by atoms with Gasteiger partial charge in [0.05, 0.1) is 22.9 Å². The molecule has 0 saturated heterocycles. The Balaban J connectivity index is 0.000000250. The highest BCUT2D eigenvalue weighted by molar-refractivity contribution is 7.99. The number of thioether (sulfide) groups is 1. The first-order valence-corrected chi connectivity index (χ1v) is 29.0. The third-order valence-electron chi connectivity index (χ3n) is 19.4. The van der Waals surface area contributed by atoms with Gasteiger partial charge in [0.2, 0.25) is 0 Å². The molecular formula is C55H86N2O11S3. The number of ketones is 2. The lowest BCUT2D eigenvalue weighted by molar-refractivity contribution is -0.207. The Labute approximate surface area is 434 Å². The zero-order valence-corrected chi connectivity index (χ0v) is 46.5. The van der Waals surface area contributed by atoms with Crippen LogP contribution in [0, 0.1) is 74.9 Å². The summed E-state index contributed by atoms with van der Waals surface area (Å²) in [6, 6.07) is 6.17. The van der Waals surface area contributed by atoms with Crippen LogP contribution in [0.4, 0.5) is 0 Å². The SMILES string of the molecule is C=C[C@]1(C)C[C@@H](OC(=O)COS(=O)(=O)c2ccc(C)cc2)[C@]2(C)[C@H](C)CC[C@]3(CCC(=O)[C@H]32)[C@@H](C)[C@@H]1O.C=C[C@]1(C)C[C@@H](OC(=O)CSCCN)[C@]2(C)[C@H](C)CC[C@]3(CCC(=O)[C@H]32)[C@@H](C)[C@@H]1O.NCCS. The fourth-order valence-corrected chi connectivity index (χ4v) is 15.9. The van der Waals surface area contributed by atoms with Crippen molar-refractivity contribution in [3.05, 3.63) is 55.1 Å². The average Bonchev–Trinajstić information content (AvgIpc) is 3.89. The molecular weight excluding hydrogens is 961 g/mol. The Morgan fingerprint density at radius 1 is 0.761 bits per heavy atom. The zero-order chi connectivity index (χ0) is 53.1. The summed E-state index contributed by atoms with van der Waals surface area (Å²) >= 11 is 5.27. The molecule has 0 radical (unpaired) electrons. The standard InChI is InChI=1S/C29H40O7S.C24H39NO4S.C2H7NS/c1-7-27(5)16-23(36-24(31)17-35-37(33,34)21-10-8-18(2)9-11-21)28(6)19(3)12-14-29(20(4)26(27)32)15-13-22(30)25(28)29;1-6-22(4)13-18(29-19(27)14-30-12-11-25)23(5)15(2)7-9-24(16(3)21(22)28)10-8-17(26)20(23)24;3-1-2-4/h7-11,19-20,23,25-26,32H,1,12-17H2,2-6H3;6,15-16,18,20-21,28H,1,7-14,25H2,2-5H3;4H,1-3H2/t19-,20+,23-,25+,26+,27-,28+,29+;15-,16+,18-,20+,21+,22-,23+,24+;/m11./s1. The normalized spacial score (nSPS) is 40.6. The number of nitrogens with two attached hydrogens (primary N) is 2. The second kappa shape index (κ2) is 23.1. The summed E-state index contributed by atoms with van der Waals surface area (Å²) in [6.07, 6.45) is 7.92. The van der Waals surface area contributed by atoms with Crippen molar-refractivity contribution in [1.29, 1.82) is 0 Å². The second-order valence-corrected chi connectivity index (χ2v) is 26.2. The lowest BCUT2D eigenvalue weighted by Gasteiger charge is -2.61. The van der Waals surface area contributed by atoms with Crippen LogP contribution in [0.25, 0.3) is 0 Å². The van der Waals surface area contributed by atoms with E-state index in [1.165, 1.54) is 23.9 Å². The highest BCUT2D eigenvalue weighted by Crippen LogP contribution is 2.69. The Kier molecular flexibility index (Phi) is 19.3. The van der Waals surface area contributed by atoms with E-state index < -0.39 is 68.8 Å². The molecule has 16 atom stereocenters. The summed E-state index contributed by atoms with van der Waals surface area (Å²) in [5.41, 5.74) is 8.32. The number of aryl methyl sites for hydroxylation is 1. The van der Waals surface area contributed by atoms with Gasteiger partial charge < -0.3 is 31.2 Å². The maximum Gasteiger partial charge on any atom is 0.333 e. The number of carbonyl (C=O) groups excluding carboxylic acids is 4. The number of thiol groups is 1. The van der Waals surface area contributed by atoms with Crippen molar-refractivity contribution in [2.75, 3.05) is 37.0 Å². The van der Waals surface area contributed by atoms with Gasteiger partial charge >= 0.3 is 11.9 Å². The summed E-state index contributed by atoms with van der Waals surface area (Å²) in [5, 5.41) is 23.0. The minimum absolute atomic E-state index is 0.0134. The number of esters is 2. The van der Waals surface area contributed by atoms with E-state index in [0.29, 0.717) is 44.5 Å². The number of aliphatic hydroxyl groups excluding tert-OH is 2. The molecule has 7 rings (SSSR count). The molecule has 0 unspecified atom stereocenters. The minimum atomic E-state index is -4.15. The monoisotopic (exact) mass is 1050 g/mol. The maximum absolute atomic E-state index is 13.4. The molecule has 6 fully saturated rings. The average molecular weight is 1050 g/mol. The molecule has 0 aromatic heterocycles. The summed E-state index contributed by atoms with van der Waals surface area (Å²) in [5.74, 6) is 0.790. The lowest BCUT2D eigenvalue weighted by Crippen LogP contribution is -2.63. The van der Waals surface area contributed by atoms with Crippen molar-refractivity contribution in [2.45, 2.75) is 156 Å². The van der Waals surface area contributed by atoms with Crippen molar-refractivity contribution in [2.24, 2.45) is 79.5 Å². The third kappa shape index (κ3) is 11.1. The van der Waals surface area contributed by atoms with Gasteiger partial charge in [0.1, 0.15) is 23.8 Å². The smallest absolute Gasteiger partial charge is 0.333 e. The Hall–Kier alpha value is -2.57. The highest BCUT2D eigenvalue weighted by atomic mass is 32.2. The van der Waals surface area contributed by atoms with E-state index in [1.54, 1.807) is 18.2 Å². The van der Waals surface area contributed by atoms with E-state index in [1.807, 2.05) is 40.7 Å². The number of hydrogen-bond donors (Lipinski definition) is 5. The van der Waals surface area contributed by atoms with Crippen molar-refractivity contribution < 1.29 is 51.5 Å². The van der Waals surface area contributed by atoms with E-state index in [2.05, 4.69) is 53.5 Å². The number of carbonyl (C=O) groups is 4. The van der Waals surface area contributed by atoms with Gasteiger partial charge in [-0.1, -0.05) is 85.2 Å². The van der Waals surface area contributed by atoms with Gasteiger partial charge in [0.25, 0.3) is 10.1 Å². The molecule has 0 amide bonds. The van der Waals surface area contributed by atoms with Crippen LogP contribution in [0.2, 0.25) is 0 Å². The van der Waals surface area contributed by atoms with Crippen LogP contribution in [-0.4, -0.2) is 104 Å². The number of aliphatic hydroxyl groups is 2. The number of hydrogen-bond acceptors (Lipinski definition) is 15. The van der Waals surface area contributed by atoms with Gasteiger partial charge in [-0.25, -0.2) is 4.79 Å². The molecule has 6 saturated carbocycles. The minimum Gasteiger partial charge on any atom is -0.461 e. The Morgan fingerprint density at radius 2 is 1.18 bits per heavy atom. The molecule has 13 nitrogen and oxygen atoms in total. The second-order valence-electron chi connectivity index (χ2n) is 23.0. The third-order valence-corrected chi connectivity index (χ3v) is 21.9. The van der Waals surface area contributed by atoms with Crippen LogP contribution in [0.3, 0.4) is 0 Å². The van der Waals surface area contributed by atoms with Crippen molar-refractivity contribution >= 4 is 58.0 Å². The largest absolute Gasteiger partial charge is 0.461 e. The first-order valence-electron chi connectivity index (χ1n) is 25.8. The van der Waals surface area contributed by atoms with Crippen molar-refractivity contribution in [1.82, 2.24) is 0 Å². The molecule has 1 aromatic carbocycles. The molecule has 71 heavy (non-hydrogen) atoms. The summed E-state index contributed by atoms with van der Waals surface area (Å²) in [6.45, 7) is 26.9. The fourth-order valence-electron chi connectivity index (χ4n) is 14.5. The van der Waals surface area contributed by atoms with Gasteiger partial charge in [-0.3, -0.25) is 18.6 Å². The zero-order valence-electron chi connectivity index (χ0n) is 44.0. The molecule has 6 aliphatic carbocycles. The molecule has 0 heterocycles. The predicted molar refractivity (Wildman–Crippen MR) is 283 cm³/mol. The molecule has 0 spiro atoms. The van der Waals surface area contributed by atoms with E-state index in [-0.39, 0.29) is 80.9 Å². The first kappa shape index (κ1) is 59.3. The predicted octanol–water partition coefficient (Wildman–Crippen LogP) is 8.07. The van der Waals surface area contributed by atoms with Gasteiger partial charge in [-0.15, -0.1) is 24.9 Å². The number of benzene rings is 1.